The molecule has 0 atom stereocenters. The molecule has 0 aliphatic rings. The number of hydrogen-bond acceptors (Lipinski definition) is 4. The van der Waals surface area contributed by atoms with Crippen molar-refractivity contribution in [1.82, 2.24) is 4.90 Å². The Bertz CT molecular complexity index is 783. The molecule has 1 aromatic carbocycles. The van der Waals surface area contributed by atoms with E-state index in [4.69, 9.17) is 27.6 Å². The highest BCUT2D eigenvalue weighted by Crippen LogP contribution is 2.25. The monoisotopic (exact) mass is 394 g/mol. The van der Waals surface area contributed by atoms with Gasteiger partial charge in [0.2, 0.25) is 5.91 Å². The first kappa shape index (κ1) is 18.0. The Kier molecular flexibility index (Phi) is 6.15. The molecule has 2 aromatic heterocycles. The van der Waals surface area contributed by atoms with Crippen molar-refractivity contribution in [3.05, 3.63) is 74.8 Å². The molecule has 25 heavy (non-hydrogen) atoms. The van der Waals surface area contributed by atoms with Gasteiger partial charge in [-0.2, -0.15) is 0 Å². The van der Waals surface area contributed by atoms with Crippen LogP contribution in [-0.4, -0.2) is 17.4 Å². The molecule has 4 nitrogen and oxygen atoms in total. The Morgan fingerprint density at radius 1 is 1.16 bits per heavy atom. The molecule has 0 aliphatic carbocycles. The van der Waals surface area contributed by atoms with Crippen molar-refractivity contribution >= 4 is 46.1 Å². The number of benzene rings is 1. The van der Waals surface area contributed by atoms with E-state index < -0.39 is 0 Å². The number of carbonyl (C=O) groups excluding carboxylic acids is 1. The molecule has 0 saturated heterocycles. The number of carbonyl (C=O) groups is 1. The fourth-order valence-corrected chi connectivity index (χ4v) is 3.48. The summed E-state index contributed by atoms with van der Waals surface area (Å²) in [7, 11) is 0. The van der Waals surface area contributed by atoms with E-state index in [0.29, 0.717) is 28.8 Å². The van der Waals surface area contributed by atoms with E-state index in [-0.39, 0.29) is 12.5 Å². The van der Waals surface area contributed by atoms with Gasteiger partial charge in [-0.25, -0.2) is 0 Å². The predicted octanol–water partition coefficient (Wildman–Crippen LogP) is 5.29. The quantitative estimate of drug-likeness (QED) is 0.591. The van der Waals surface area contributed by atoms with Crippen LogP contribution in [0.15, 0.2) is 58.5 Å². The van der Waals surface area contributed by atoms with Crippen molar-refractivity contribution in [1.29, 1.82) is 0 Å². The minimum absolute atomic E-state index is 0.160. The summed E-state index contributed by atoms with van der Waals surface area (Å²) in [4.78, 5) is 15.7. The van der Waals surface area contributed by atoms with Gasteiger partial charge < -0.3 is 9.73 Å². The molecule has 0 unspecified atom stereocenters. The molecule has 3 aromatic rings. The minimum Gasteiger partial charge on any atom is -0.468 e. The summed E-state index contributed by atoms with van der Waals surface area (Å²) in [5, 5.41) is 5.81. The lowest BCUT2D eigenvalue weighted by molar-refractivity contribution is -0.117. The van der Waals surface area contributed by atoms with Gasteiger partial charge in [0.05, 0.1) is 30.1 Å². The maximum atomic E-state index is 12.5. The molecule has 0 radical (unpaired) electrons. The Hall–Kier alpha value is -1.79. The van der Waals surface area contributed by atoms with Crippen LogP contribution < -0.4 is 5.32 Å². The summed E-state index contributed by atoms with van der Waals surface area (Å²) >= 11 is 13.7. The Labute approximate surface area is 160 Å². The lowest BCUT2D eigenvalue weighted by Crippen LogP contribution is -2.32. The predicted molar refractivity (Wildman–Crippen MR) is 102 cm³/mol. The summed E-state index contributed by atoms with van der Waals surface area (Å²) in [5.41, 5.74) is 0.508. The summed E-state index contributed by atoms with van der Waals surface area (Å²) in [5.74, 6) is 0.650. The highest BCUT2D eigenvalue weighted by atomic mass is 35.5. The van der Waals surface area contributed by atoms with E-state index in [0.717, 1.165) is 5.76 Å². The van der Waals surface area contributed by atoms with Crippen molar-refractivity contribution in [2.24, 2.45) is 0 Å². The van der Waals surface area contributed by atoms with Crippen LogP contribution in [0.3, 0.4) is 0 Å². The van der Waals surface area contributed by atoms with Crippen LogP contribution in [0.25, 0.3) is 0 Å². The van der Waals surface area contributed by atoms with Crippen LogP contribution in [0, 0.1) is 0 Å². The molecule has 3 rings (SSSR count). The van der Waals surface area contributed by atoms with E-state index in [1.807, 2.05) is 34.5 Å². The number of thiophene rings is 1. The third-order valence-corrected chi connectivity index (χ3v) is 4.91. The molecule has 2 heterocycles. The summed E-state index contributed by atoms with van der Waals surface area (Å²) < 4.78 is 5.41. The number of rotatable bonds is 7. The largest absolute Gasteiger partial charge is 0.468 e. The molecule has 0 saturated carbocycles. The van der Waals surface area contributed by atoms with Gasteiger partial charge in [0.25, 0.3) is 0 Å². The van der Waals surface area contributed by atoms with Crippen molar-refractivity contribution in [2.45, 2.75) is 13.1 Å². The molecule has 7 heteroatoms. The third-order valence-electron chi connectivity index (χ3n) is 3.49. The number of furan rings is 1. The van der Waals surface area contributed by atoms with Crippen LogP contribution in [0.2, 0.25) is 10.0 Å². The van der Waals surface area contributed by atoms with Crippen LogP contribution in [0.5, 0.6) is 0 Å². The van der Waals surface area contributed by atoms with E-state index in [9.17, 15) is 4.79 Å². The van der Waals surface area contributed by atoms with Gasteiger partial charge in [-0.15, -0.1) is 11.3 Å². The van der Waals surface area contributed by atoms with E-state index in [2.05, 4.69) is 5.32 Å². The van der Waals surface area contributed by atoms with E-state index >= 15 is 0 Å². The fourth-order valence-electron chi connectivity index (χ4n) is 2.40. The molecule has 0 spiro atoms. The second-order valence-electron chi connectivity index (χ2n) is 5.48. The van der Waals surface area contributed by atoms with Crippen LogP contribution >= 0.6 is 34.5 Å². The first-order chi connectivity index (χ1) is 12.1. The lowest BCUT2D eigenvalue weighted by Gasteiger charge is -2.20. The fraction of sp³-hybridized carbons (Fsp3) is 0.167. The van der Waals surface area contributed by atoms with Gasteiger partial charge in [-0.1, -0.05) is 29.3 Å². The number of amides is 1. The molecule has 0 bridgehead atoms. The molecule has 1 N–H and O–H groups in total. The highest BCUT2D eigenvalue weighted by Gasteiger charge is 2.15. The Morgan fingerprint density at radius 2 is 2.04 bits per heavy atom. The molecule has 130 valence electrons. The van der Waals surface area contributed by atoms with E-state index in [1.165, 1.54) is 4.88 Å². The van der Waals surface area contributed by atoms with Gasteiger partial charge in [-0.05, 0) is 41.8 Å². The topological polar surface area (TPSA) is 45.5 Å². The van der Waals surface area contributed by atoms with Crippen LogP contribution in [0.4, 0.5) is 5.69 Å². The van der Waals surface area contributed by atoms with Crippen molar-refractivity contribution in [3.8, 4) is 0 Å². The third kappa shape index (κ3) is 5.34. The second kappa shape index (κ2) is 8.54. The van der Waals surface area contributed by atoms with Crippen LogP contribution in [0.1, 0.15) is 10.6 Å². The lowest BCUT2D eigenvalue weighted by atomic mass is 10.3. The normalized spacial score (nSPS) is 11.0. The SMILES string of the molecule is O=C(CN(Cc1ccco1)Cc1cccs1)Nc1cc(Cl)ccc1Cl. The number of hydrogen-bond donors (Lipinski definition) is 1. The van der Waals surface area contributed by atoms with Gasteiger partial charge in [0, 0.05) is 16.4 Å². The smallest absolute Gasteiger partial charge is 0.238 e. The van der Waals surface area contributed by atoms with Gasteiger partial charge in [-0.3, -0.25) is 9.69 Å². The number of halogens is 2. The maximum absolute atomic E-state index is 12.5. The Balaban J connectivity index is 1.67. The zero-order chi connectivity index (χ0) is 17.6. The Morgan fingerprint density at radius 3 is 2.76 bits per heavy atom. The zero-order valence-electron chi connectivity index (χ0n) is 13.2. The first-order valence-corrected chi connectivity index (χ1v) is 9.26. The average Bonchev–Trinajstić information content (AvgIpc) is 3.25. The zero-order valence-corrected chi connectivity index (χ0v) is 15.6. The second-order valence-corrected chi connectivity index (χ2v) is 7.35. The molecule has 0 aliphatic heterocycles. The van der Waals surface area contributed by atoms with Gasteiger partial charge in [0.1, 0.15) is 5.76 Å². The van der Waals surface area contributed by atoms with Crippen molar-refractivity contribution in [3.63, 3.8) is 0 Å². The van der Waals surface area contributed by atoms with Crippen LogP contribution in [-0.2, 0) is 17.9 Å². The molecule has 1 amide bonds. The van der Waals surface area contributed by atoms with E-state index in [1.54, 1.807) is 35.8 Å². The first-order valence-electron chi connectivity index (χ1n) is 7.62. The molecule has 0 fully saturated rings. The number of nitrogens with one attached hydrogen (secondary N) is 1. The summed E-state index contributed by atoms with van der Waals surface area (Å²) in [6, 6.07) is 12.8. The average molecular weight is 395 g/mol. The highest BCUT2D eigenvalue weighted by molar-refractivity contribution is 7.09. The number of nitrogens with zero attached hydrogens (tertiary/aromatic N) is 1. The minimum atomic E-state index is -0.160. The number of anilines is 1. The van der Waals surface area contributed by atoms with Gasteiger partial charge in [0.15, 0.2) is 0 Å². The molecular formula is C18H16Cl2N2O2S. The van der Waals surface area contributed by atoms with Crippen molar-refractivity contribution < 1.29 is 9.21 Å². The summed E-state index contributed by atoms with van der Waals surface area (Å²) in [6.45, 7) is 1.41. The van der Waals surface area contributed by atoms with Gasteiger partial charge >= 0.3 is 0 Å². The summed E-state index contributed by atoms with van der Waals surface area (Å²) in [6.07, 6.45) is 1.63. The standard InChI is InChI=1S/C18H16Cl2N2O2S/c19-13-5-6-16(20)17(9-13)21-18(23)12-22(10-14-3-1-7-24-14)11-15-4-2-8-25-15/h1-9H,10-12H2,(H,21,23). The molecular weight excluding hydrogens is 379 g/mol. The van der Waals surface area contributed by atoms with Crippen molar-refractivity contribution in [2.75, 3.05) is 11.9 Å². The maximum Gasteiger partial charge on any atom is 0.238 e.